The fourth-order valence-electron chi connectivity index (χ4n) is 2.87. The van der Waals surface area contributed by atoms with E-state index in [9.17, 15) is 9.90 Å². The molecule has 1 aromatic heterocycles. The van der Waals surface area contributed by atoms with Gasteiger partial charge in [-0.25, -0.2) is 4.98 Å². The van der Waals surface area contributed by atoms with Gasteiger partial charge in [0, 0.05) is 10.7 Å². The number of amides is 1. The summed E-state index contributed by atoms with van der Waals surface area (Å²) < 4.78 is 5.75. The maximum Gasteiger partial charge on any atom is 0.257 e. The highest BCUT2D eigenvalue weighted by Crippen LogP contribution is 2.36. The van der Waals surface area contributed by atoms with Gasteiger partial charge in [0.2, 0.25) is 5.89 Å². The molecule has 140 valence electrons. The first-order valence-electron chi connectivity index (χ1n) is 8.38. The number of halogens is 2. The highest BCUT2D eigenvalue weighted by atomic mass is 35.5. The number of hydrogen-bond acceptors (Lipinski definition) is 4. The number of anilines is 1. The SMILES string of the molecule is Cc1cc(NC(=O)c2ccc(Cl)cc2Cl)cc(-c2nc3ccccc3o2)c1O. The minimum atomic E-state index is -0.393. The number of carbonyl (C=O) groups excluding carboxylic acids is 1. The Labute approximate surface area is 170 Å². The summed E-state index contributed by atoms with van der Waals surface area (Å²) in [5, 5.41) is 14.0. The van der Waals surface area contributed by atoms with E-state index in [1.165, 1.54) is 6.07 Å². The lowest BCUT2D eigenvalue weighted by atomic mass is 10.1. The number of fused-ring (bicyclic) bond motifs is 1. The van der Waals surface area contributed by atoms with Crippen LogP contribution in [0.25, 0.3) is 22.6 Å². The Hall–Kier alpha value is -3.02. The van der Waals surface area contributed by atoms with E-state index in [0.717, 1.165) is 0 Å². The average Bonchev–Trinajstić information content (AvgIpc) is 3.08. The summed E-state index contributed by atoms with van der Waals surface area (Å²) >= 11 is 12.0. The van der Waals surface area contributed by atoms with Crippen LogP contribution in [0.5, 0.6) is 5.75 Å². The molecule has 0 unspecified atom stereocenters. The van der Waals surface area contributed by atoms with Crippen molar-refractivity contribution in [2.24, 2.45) is 0 Å². The minimum Gasteiger partial charge on any atom is -0.507 e. The molecular weight excluding hydrogens is 399 g/mol. The van der Waals surface area contributed by atoms with Crippen LogP contribution in [0.2, 0.25) is 10.0 Å². The van der Waals surface area contributed by atoms with Crippen LogP contribution in [0.1, 0.15) is 15.9 Å². The smallest absolute Gasteiger partial charge is 0.257 e. The van der Waals surface area contributed by atoms with Gasteiger partial charge in [-0.1, -0.05) is 35.3 Å². The van der Waals surface area contributed by atoms with Crippen LogP contribution in [0.15, 0.2) is 59.0 Å². The van der Waals surface area contributed by atoms with Crippen molar-refractivity contribution in [1.29, 1.82) is 0 Å². The predicted molar refractivity (Wildman–Crippen MR) is 110 cm³/mol. The van der Waals surface area contributed by atoms with Gasteiger partial charge >= 0.3 is 0 Å². The number of benzene rings is 3. The third-order valence-electron chi connectivity index (χ3n) is 4.26. The number of phenols is 1. The number of aryl methyl sites for hydroxylation is 1. The summed E-state index contributed by atoms with van der Waals surface area (Å²) in [6, 6.07) is 15.2. The Kier molecular flexibility index (Phi) is 4.71. The Balaban J connectivity index is 1.72. The Morgan fingerprint density at radius 1 is 1.11 bits per heavy atom. The number of para-hydroxylation sites is 2. The first kappa shape index (κ1) is 18.3. The van der Waals surface area contributed by atoms with Gasteiger partial charge in [0.1, 0.15) is 11.3 Å². The van der Waals surface area contributed by atoms with Crippen LogP contribution < -0.4 is 5.32 Å². The number of aromatic hydroxyl groups is 1. The van der Waals surface area contributed by atoms with Crippen LogP contribution >= 0.6 is 23.2 Å². The van der Waals surface area contributed by atoms with Crippen LogP contribution in [0.3, 0.4) is 0 Å². The zero-order valence-corrected chi connectivity index (χ0v) is 16.2. The molecule has 0 aliphatic carbocycles. The molecule has 4 aromatic rings. The summed E-state index contributed by atoms with van der Waals surface area (Å²) in [4.78, 5) is 17.0. The molecule has 0 saturated heterocycles. The number of carbonyl (C=O) groups is 1. The molecule has 0 atom stereocenters. The molecule has 0 radical (unpaired) electrons. The lowest BCUT2D eigenvalue weighted by Gasteiger charge is -2.11. The third-order valence-corrected chi connectivity index (χ3v) is 4.81. The van der Waals surface area contributed by atoms with E-state index in [1.807, 2.05) is 18.2 Å². The zero-order valence-electron chi connectivity index (χ0n) is 14.7. The van der Waals surface area contributed by atoms with E-state index in [1.54, 1.807) is 37.3 Å². The molecule has 28 heavy (non-hydrogen) atoms. The maximum atomic E-state index is 12.6. The van der Waals surface area contributed by atoms with Gasteiger partial charge in [-0.15, -0.1) is 0 Å². The number of aromatic nitrogens is 1. The molecule has 0 aliphatic heterocycles. The molecule has 4 rings (SSSR count). The molecule has 5 nitrogen and oxygen atoms in total. The highest BCUT2D eigenvalue weighted by molar-refractivity contribution is 6.37. The van der Waals surface area contributed by atoms with Gasteiger partial charge in [0.25, 0.3) is 5.91 Å². The lowest BCUT2D eigenvalue weighted by molar-refractivity contribution is 0.102. The summed E-state index contributed by atoms with van der Waals surface area (Å²) in [6.07, 6.45) is 0. The van der Waals surface area contributed by atoms with Crippen LogP contribution in [0, 0.1) is 6.92 Å². The van der Waals surface area contributed by atoms with Gasteiger partial charge in [-0.05, 0) is 55.0 Å². The largest absolute Gasteiger partial charge is 0.507 e. The Morgan fingerprint density at radius 3 is 2.64 bits per heavy atom. The number of nitrogens with one attached hydrogen (secondary N) is 1. The molecular formula is C21H14Cl2N2O3. The normalized spacial score (nSPS) is 11.0. The van der Waals surface area contributed by atoms with Crippen molar-refractivity contribution in [3.8, 4) is 17.2 Å². The van der Waals surface area contributed by atoms with E-state index in [2.05, 4.69) is 10.3 Å². The van der Waals surface area contributed by atoms with Crippen LogP contribution in [0.4, 0.5) is 5.69 Å². The predicted octanol–water partition coefficient (Wildman–Crippen LogP) is 6.07. The molecule has 0 saturated carbocycles. The first-order valence-corrected chi connectivity index (χ1v) is 9.14. The van der Waals surface area contributed by atoms with Gasteiger partial charge in [-0.3, -0.25) is 4.79 Å². The summed E-state index contributed by atoms with van der Waals surface area (Å²) in [7, 11) is 0. The van der Waals surface area contributed by atoms with Gasteiger partial charge < -0.3 is 14.8 Å². The van der Waals surface area contributed by atoms with Gasteiger partial charge in [0.15, 0.2) is 5.58 Å². The molecule has 0 aliphatic rings. The Morgan fingerprint density at radius 2 is 1.89 bits per heavy atom. The van der Waals surface area contributed by atoms with Gasteiger partial charge in [-0.2, -0.15) is 0 Å². The van der Waals surface area contributed by atoms with E-state index in [-0.39, 0.29) is 16.7 Å². The monoisotopic (exact) mass is 412 g/mol. The number of hydrogen-bond donors (Lipinski definition) is 2. The van der Waals surface area contributed by atoms with Crippen molar-refractivity contribution >= 4 is 45.9 Å². The second kappa shape index (κ2) is 7.19. The molecule has 1 amide bonds. The quantitative estimate of drug-likeness (QED) is 0.400. The van der Waals surface area contributed by atoms with E-state index in [0.29, 0.717) is 38.5 Å². The summed E-state index contributed by atoms with van der Waals surface area (Å²) in [6.45, 7) is 1.73. The first-order chi connectivity index (χ1) is 13.4. The minimum absolute atomic E-state index is 0.0362. The summed E-state index contributed by atoms with van der Waals surface area (Å²) in [5.74, 6) is -0.0909. The molecule has 0 fully saturated rings. The van der Waals surface area contributed by atoms with E-state index >= 15 is 0 Å². The number of oxazole rings is 1. The fraction of sp³-hybridized carbons (Fsp3) is 0.0476. The second-order valence-electron chi connectivity index (χ2n) is 6.25. The van der Waals surface area contributed by atoms with Crippen molar-refractivity contribution in [2.75, 3.05) is 5.32 Å². The average molecular weight is 413 g/mol. The van der Waals surface area contributed by atoms with Crippen molar-refractivity contribution in [2.45, 2.75) is 6.92 Å². The van der Waals surface area contributed by atoms with Crippen molar-refractivity contribution < 1.29 is 14.3 Å². The van der Waals surface area contributed by atoms with Crippen LogP contribution in [-0.2, 0) is 0 Å². The highest BCUT2D eigenvalue weighted by Gasteiger charge is 2.17. The lowest BCUT2D eigenvalue weighted by Crippen LogP contribution is -2.12. The second-order valence-corrected chi connectivity index (χ2v) is 7.10. The third kappa shape index (κ3) is 3.42. The molecule has 3 aromatic carbocycles. The van der Waals surface area contributed by atoms with Crippen LogP contribution in [-0.4, -0.2) is 16.0 Å². The number of phenolic OH excluding ortho intramolecular Hbond substituents is 1. The topological polar surface area (TPSA) is 75.4 Å². The Bertz CT molecular complexity index is 1180. The standard InChI is InChI=1S/C21H14Cl2N2O3/c1-11-8-13(24-20(27)14-7-6-12(22)9-16(14)23)10-15(19(11)26)21-25-17-4-2-3-5-18(17)28-21/h2-10,26H,1H3,(H,24,27). The van der Waals surface area contributed by atoms with Gasteiger partial charge in [0.05, 0.1) is 16.1 Å². The molecule has 2 N–H and O–H groups in total. The molecule has 7 heteroatoms. The molecule has 0 spiro atoms. The number of nitrogens with zero attached hydrogens (tertiary/aromatic N) is 1. The van der Waals surface area contributed by atoms with Crippen molar-refractivity contribution in [1.82, 2.24) is 4.98 Å². The zero-order chi connectivity index (χ0) is 19.8. The molecule has 1 heterocycles. The fourth-order valence-corrected chi connectivity index (χ4v) is 3.37. The maximum absolute atomic E-state index is 12.6. The van der Waals surface area contributed by atoms with E-state index < -0.39 is 5.91 Å². The van der Waals surface area contributed by atoms with E-state index in [4.69, 9.17) is 27.6 Å². The van der Waals surface area contributed by atoms with Crippen molar-refractivity contribution in [3.63, 3.8) is 0 Å². The van der Waals surface area contributed by atoms with Crippen molar-refractivity contribution in [3.05, 3.63) is 75.8 Å². The number of rotatable bonds is 3. The summed E-state index contributed by atoms with van der Waals surface area (Å²) in [5.41, 5.74) is 3.00. The molecule has 0 bridgehead atoms.